The zero-order chi connectivity index (χ0) is 14.4. The van der Waals surface area contributed by atoms with Gasteiger partial charge in [0.25, 0.3) is 0 Å². The first-order valence-electron chi connectivity index (χ1n) is 8.39. The van der Waals surface area contributed by atoms with Crippen LogP contribution in [0.1, 0.15) is 51.9 Å². The molecule has 0 aliphatic heterocycles. The second-order valence-corrected chi connectivity index (χ2v) is 6.62. The van der Waals surface area contributed by atoms with Crippen LogP contribution >= 0.6 is 0 Å². The third-order valence-electron chi connectivity index (χ3n) is 4.68. The number of likely N-dealkylation sites (N-methyl/N-ethyl adjacent to an activating group) is 1. The van der Waals surface area contributed by atoms with Crippen LogP contribution in [0.5, 0.6) is 0 Å². The van der Waals surface area contributed by atoms with Crippen molar-refractivity contribution in [2.24, 2.45) is 5.92 Å². The Morgan fingerprint density at radius 3 is 2.45 bits per heavy atom. The van der Waals surface area contributed by atoms with Crippen LogP contribution < -0.4 is 10.6 Å². The number of carbonyl (C=O) groups is 1. The lowest BCUT2D eigenvalue weighted by atomic mass is 9.90. The van der Waals surface area contributed by atoms with E-state index in [-0.39, 0.29) is 5.91 Å². The molecule has 2 N–H and O–H groups in total. The van der Waals surface area contributed by atoms with Crippen LogP contribution in [0.4, 0.5) is 0 Å². The summed E-state index contributed by atoms with van der Waals surface area (Å²) in [5.74, 6) is 0.968. The standard InChI is InChI=1S/C16H31N3O/c1-3-10-17-14-6-8-15(9-7-14)19(2)12-16(20)18-11-13-4-5-13/h13-15,17H,3-12H2,1-2H3,(H,18,20). The number of amides is 1. The molecule has 2 rings (SSSR count). The Morgan fingerprint density at radius 2 is 1.85 bits per heavy atom. The summed E-state index contributed by atoms with van der Waals surface area (Å²) in [6.07, 6.45) is 8.73. The number of rotatable bonds is 8. The molecule has 0 heterocycles. The highest BCUT2D eigenvalue weighted by atomic mass is 16.2. The summed E-state index contributed by atoms with van der Waals surface area (Å²) in [5, 5.41) is 6.67. The second kappa shape index (κ2) is 7.99. The van der Waals surface area contributed by atoms with Crippen LogP contribution in [0, 0.1) is 5.92 Å². The summed E-state index contributed by atoms with van der Waals surface area (Å²) in [6, 6.07) is 1.28. The van der Waals surface area contributed by atoms with Gasteiger partial charge < -0.3 is 10.6 Å². The monoisotopic (exact) mass is 281 g/mol. The molecule has 4 heteroatoms. The van der Waals surface area contributed by atoms with Crippen molar-refractivity contribution in [2.75, 3.05) is 26.7 Å². The maximum atomic E-state index is 11.9. The Labute approximate surface area is 123 Å². The highest BCUT2D eigenvalue weighted by Crippen LogP contribution is 2.27. The fourth-order valence-corrected chi connectivity index (χ4v) is 3.06. The lowest BCUT2D eigenvalue weighted by Gasteiger charge is -2.34. The van der Waals surface area contributed by atoms with Crippen molar-refractivity contribution in [1.29, 1.82) is 0 Å². The average Bonchev–Trinajstić information content (AvgIpc) is 3.27. The zero-order valence-corrected chi connectivity index (χ0v) is 13.2. The summed E-state index contributed by atoms with van der Waals surface area (Å²) < 4.78 is 0. The minimum absolute atomic E-state index is 0.200. The summed E-state index contributed by atoms with van der Waals surface area (Å²) >= 11 is 0. The molecule has 0 spiro atoms. The first-order valence-corrected chi connectivity index (χ1v) is 8.39. The van der Waals surface area contributed by atoms with E-state index < -0.39 is 0 Å². The SMILES string of the molecule is CCCNC1CCC(N(C)CC(=O)NCC2CC2)CC1. The minimum atomic E-state index is 0.200. The molecule has 116 valence electrons. The molecule has 4 nitrogen and oxygen atoms in total. The summed E-state index contributed by atoms with van der Waals surface area (Å²) in [6.45, 7) is 4.80. The quantitative estimate of drug-likeness (QED) is 0.712. The molecular weight excluding hydrogens is 250 g/mol. The second-order valence-electron chi connectivity index (χ2n) is 6.62. The normalized spacial score (nSPS) is 26.8. The Bertz CT molecular complexity index is 296. The van der Waals surface area contributed by atoms with Gasteiger partial charge >= 0.3 is 0 Å². The van der Waals surface area contributed by atoms with Crippen molar-refractivity contribution < 1.29 is 4.79 Å². The predicted octanol–water partition coefficient (Wildman–Crippen LogP) is 1.76. The smallest absolute Gasteiger partial charge is 0.234 e. The highest BCUT2D eigenvalue weighted by molar-refractivity contribution is 5.78. The summed E-state index contributed by atoms with van der Waals surface area (Å²) in [5.41, 5.74) is 0. The van der Waals surface area contributed by atoms with Crippen LogP contribution in [-0.4, -0.2) is 49.6 Å². The number of nitrogens with zero attached hydrogens (tertiary/aromatic N) is 1. The molecule has 0 bridgehead atoms. The fourth-order valence-electron chi connectivity index (χ4n) is 3.06. The van der Waals surface area contributed by atoms with Gasteiger partial charge in [-0.2, -0.15) is 0 Å². The molecule has 2 fully saturated rings. The molecule has 0 unspecified atom stereocenters. The van der Waals surface area contributed by atoms with Gasteiger partial charge in [0, 0.05) is 18.6 Å². The van der Waals surface area contributed by atoms with Gasteiger partial charge in [-0.3, -0.25) is 9.69 Å². The maximum Gasteiger partial charge on any atom is 0.234 e. The van der Waals surface area contributed by atoms with E-state index in [9.17, 15) is 4.79 Å². The molecule has 20 heavy (non-hydrogen) atoms. The number of nitrogens with one attached hydrogen (secondary N) is 2. The number of hydrogen-bond donors (Lipinski definition) is 2. The largest absolute Gasteiger partial charge is 0.355 e. The van der Waals surface area contributed by atoms with E-state index >= 15 is 0 Å². The summed E-state index contributed by atoms with van der Waals surface area (Å²) in [7, 11) is 2.10. The van der Waals surface area contributed by atoms with Crippen molar-refractivity contribution in [1.82, 2.24) is 15.5 Å². The van der Waals surface area contributed by atoms with E-state index in [2.05, 4.69) is 29.5 Å². The third-order valence-corrected chi connectivity index (χ3v) is 4.68. The molecule has 2 aliphatic rings. The predicted molar refractivity (Wildman–Crippen MR) is 82.7 cm³/mol. The first kappa shape index (κ1) is 15.8. The molecule has 0 atom stereocenters. The van der Waals surface area contributed by atoms with Crippen LogP contribution in [0.15, 0.2) is 0 Å². The molecule has 0 aromatic rings. The lowest BCUT2D eigenvalue weighted by molar-refractivity contribution is -0.122. The minimum Gasteiger partial charge on any atom is -0.355 e. The number of carbonyl (C=O) groups excluding carboxylic acids is 1. The van der Waals surface area contributed by atoms with Crippen molar-refractivity contribution in [3.05, 3.63) is 0 Å². The average molecular weight is 281 g/mol. The van der Waals surface area contributed by atoms with Gasteiger partial charge in [-0.05, 0) is 64.5 Å². The van der Waals surface area contributed by atoms with Crippen molar-refractivity contribution in [3.8, 4) is 0 Å². The van der Waals surface area contributed by atoms with Gasteiger partial charge in [-0.15, -0.1) is 0 Å². The van der Waals surface area contributed by atoms with E-state index in [0.29, 0.717) is 18.6 Å². The van der Waals surface area contributed by atoms with Gasteiger partial charge in [0.15, 0.2) is 0 Å². The van der Waals surface area contributed by atoms with Crippen LogP contribution in [0.2, 0.25) is 0 Å². The van der Waals surface area contributed by atoms with Crippen LogP contribution in [0.3, 0.4) is 0 Å². The maximum absolute atomic E-state index is 11.9. The van der Waals surface area contributed by atoms with E-state index in [1.54, 1.807) is 0 Å². The van der Waals surface area contributed by atoms with Crippen molar-refractivity contribution in [3.63, 3.8) is 0 Å². The van der Waals surface area contributed by atoms with Gasteiger partial charge in [0.2, 0.25) is 5.91 Å². The fraction of sp³-hybridized carbons (Fsp3) is 0.938. The Hall–Kier alpha value is -0.610. The first-order chi connectivity index (χ1) is 9.69. The molecular formula is C16H31N3O. The van der Waals surface area contributed by atoms with Gasteiger partial charge in [-0.25, -0.2) is 0 Å². The number of hydrogen-bond acceptors (Lipinski definition) is 3. The molecule has 2 aliphatic carbocycles. The lowest BCUT2D eigenvalue weighted by Crippen LogP contribution is -2.45. The van der Waals surface area contributed by atoms with Crippen molar-refractivity contribution in [2.45, 2.75) is 64.0 Å². The molecule has 0 radical (unpaired) electrons. The Morgan fingerprint density at radius 1 is 1.15 bits per heavy atom. The highest BCUT2D eigenvalue weighted by Gasteiger charge is 2.25. The van der Waals surface area contributed by atoms with Gasteiger partial charge in [-0.1, -0.05) is 6.92 Å². The molecule has 1 amide bonds. The van der Waals surface area contributed by atoms with E-state index in [1.165, 1.54) is 44.9 Å². The third kappa shape index (κ3) is 5.41. The molecule has 2 saturated carbocycles. The van der Waals surface area contributed by atoms with E-state index in [0.717, 1.165) is 19.0 Å². The van der Waals surface area contributed by atoms with Crippen molar-refractivity contribution >= 4 is 5.91 Å². The van der Waals surface area contributed by atoms with Gasteiger partial charge in [0.1, 0.15) is 0 Å². The molecule has 0 aromatic heterocycles. The van der Waals surface area contributed by atoms with Crippen LogP contribution in [0.25, 0.3) is 0 Å². The topological polar surface area (TPSA) is 44.4 Å². The molecule has 0 aromatic carbocycles. The molecule has 0 saturated heterocycles. The van der Waals surface area contributed by atoms with Crippen LogP contribution in [-0.2, 0) is 4.79 Å². The Kier molecular flexibility index (Phi) is 6.30. The Balaban J connectivity index is 1.60. The van der Waals surface area contributed by atoms with E-state index in [1.807, 2.05) is 0 Å². The van der Waals surface area contributed by atoms with E-state index in [4.69, 9.17) is 0 Å². The summed E-state index contributed by atoms with van der Waals surface area (Å²) in [4.78, 5) is 14.1. The van der Waals surface area contributed by atoms with Gasteiger partial charge in [0.05, 0.1) is 6.54 Å². The zero-order valence-electron chi connectivity index (χ0n) is 13.2.